The van der Waals surface area contributed by atoms with Crippen LogP contribution in [0, 0.1) is 0 Å². The van der Waals surface area contributed by atoms with E-state index in [0.29, 0.717) is 0 Å². The van der Waals surface area contributed by atoms with E-state index in [0.717, 1.165) is 5.02 Å². The third kappa shape index (κ3) is 33.5. The summed E-state index contributed by atoms with van der Waals surface area (Å²) >= 11 is 6.50. The fourth-order valence-corrected chi connectivity index (χ4v) is 15.0. The Hall–Kier alpha value is -0.273. The largest absolute Gasteiger partial charge is 0.0867 e. The first kappa shape index (κ1) is 53.7. The fraction of sp³-hybridized carbons (Fsp3) is 0.889. The van der Waals surface area contributed by atoms with Gasteiger partial charge in [-0.1, -0.05) is 337 Å². The number of unbranched alkanes of at least 4 members (excludes halogenated alkanes) is 39. The molecule has 0 aliphatic heterocycles. The molecule has 0 fully saturated rings. The number of hydrogen-bond acceptors (Lipinski definition) is 0. The van der Waals surface area contributed by atoms with Crippen LogP contribution in [0.5, 0.6) is 0 Å². The molecule has 0 saturated carbocycles. The average molecular weight is 816 g/mol. The molecule has 0 atom stereocenters. The van der Waals surface area contributed by atoms with E-state index < -0.39 is 8.07 Å². The Bertz CT molecular complexity index is 800. The summed E-state index contributed by atoms with van der Waals surface area (Å²) in [5.41, 5.74) is 0. The summed E-state index contributed by atoms with van der Waals surface area (Å²) in [6.07, 6.45) is 61.1. The summed E-state index contributed by atoms with van der Waals surface area (Å²) in [5.74, 6) is 0. The molecule has 2 heteroatoms. The summed E-state index contributed by atoms with van der Waals surface area (Å²) in [6.45, 7) is 6.96. The van der Waals surface area contributed by atoms with Crippen LogP contribution in [-0.2, 0) is 0 Å². The molecule has 56 heavy (non-hydrogen) atoms. The first-order chi connectivity index (χ1) is 27.7. The van der Waals surface area contributed by atoms with E-state index in [1.807, 2.05) is 0 Å². The molecule has 1 aromatic rings. The molecule has 0 spiro atoms. The molecular formula is C54H103ClSi. The molecule has 0 heterocycles. The van der Waals surface area contributed by atoms with Crippen LogP contribution in [0.3, 0.4) is 0 Å². The molecule has 0 bridgehead atoms. The Morgan fingerprint density at radius 1 is 0.268 bits per heavy atom. The predicted octanol–water partition coefficient (Wildman–Crippen LogP) is 20.4. The Balaban J connectivity index is 2.52. The molecule has 1 rings (SSSR count). The first-order valence-corrected chi connectivity index (χ1v) is 29.4. The molecule has 0 amide bonds. The monoisotopic (exact) mass is 815 g/mol. The van der Waals surface area contributed by atoms with Crippen molar-refractivity contribution in [1.82, 2.24) is 0 Å². The SMILES string of the molecule is CCCCCCCCCCCCCCCC[Si](CCCCCCCCCCCCCCCC)(CCCCCCCCCCCCCCCC)c1ccc(Cl)cc1. The second-order valence-corrected chi connectivity index (χ2v) is 23.9. The number of hydrogen-bond donors (Lipinski definition) is 0. The van der Waals surface area contributed by atoms with Gasteiger partial charge in [-0.2, -0.15) is 0 Å². The first-order valence-electron chi connectivity index (χ1n) is 26.4. The van der Waals surface area contributed by atoms with Crippen LogP contribution >= 0.6 is 11.6 Å². The maximum atomic E-state index is 6.50. The van der Waals surface area contributed by atoms with E-state index in [9.17, 15) is 0 Å². The Morgan fingerprint density at radius 2 is 0.446 bits per heavy atom. The highest BCUT2D eigenvalue weighted by molar-refractivity contribution is 6.91. The van der Waals surface area contributed by atoms with Crippen molar-refractivity contribution in [2.24, 2.45) is 0 Å². The van der Waals surface area contributed by atoms with E-state index >= 15 is 0 Å². The molecule has 0 N–H and O–H groups in total. The second kappa shape index (κ2) is 42.8. The van der Waals surface area contributed by atoms with Gasteiger partial charge in [0.05, 0.1) is 8.07 Å². The second-order valence-electron chi connectivity index (χ2n) is 18.8. The lowest BCUT2D eigenvalue weighted by Crippen LogP contribution is -2.47. The number of halogens is 1. The third-order valence-electron chi connectivity index (χ3n) is 13.5. The van der Waals surface area contributed by atoms with Crippen molar-refractivity contribution in [2.75, 3.05) is 0 Å². The van der Waals surface area contributed by atoms with Gasteiger partial charge in [-0.05, 0) is 12.1 Å². The average Bonchev–Trinajstić information content (AvgIpc) is 3.21. The van der Waals surface area contributed by atoms with Gasteiger partial charge in [0.15, 0.2) is 0 Å². The molecule has 0 aliphatic carbocycles. The van der Waals surface area contributed by atoms with E-state index in [1.165, 1.54) is 288 Å². The van der Waals surface area contributed by atoms with E-state index in [-0.39, 0.29) is 0 Å². The lowest BCUT2D eigenvalue weighted by Gasteiger charge is -2.33. The summed E-state index contributed by atoms with van der Waals surface area (Å²) in [4.78, 5) is 0. The molecule has 0 aromatic heterocycles. The molecule has 330 valence electrons. The number of benzene rings is 1. The molecule has 0 radical (unpaired) electrons. The molecule has 0 saturated heterocycles. The summed E-state index contributed by atoms with van der Waals surface area (Å²) in [5, 5.41) is 2.65. The quantitative estimate of drug-likeness (QED) is 0.0454. The Morgan fingerprint density at radius 3 is 0.643 bits per heavy atom. The van der Waals surface area contributed by atoms with Gasteiger partial charge >= 0.3 is 0 Å². The van der Waals surface area contributed by atoms with E-state index in [4.69, 9.17) is 11.6 Å². The van der Waals surface area contributed by atoms with Crippen molar-refractivity contribution in [1.29, 1.82) is 0 Å². The van der Waals surface area contributed by atoms with Crippen LogP contribution in [0.1, 0.15) is 290 Å². The maximum Gasteiger partial charge on any atom is 0.0867 e. The van der Waals surface area contributed by atoms with Crippen molar-refractivity contribution < 1.29 is 0 Å². The number of rotatable bonds is 46. The van der Waals surface area contributed by atoms with Crippen LogP contribution in [0.25, 0.3) is 0 Å². The molecule has 0 aliphatic rings. The zero-order valence-electron chi connectivity index (χ0n) is 39.0. The van der Waals surface area contributed by atoms with Gasteiger partial charge in [0, 0.05) is 5.02 Å². The standard InChI is InChI=1S/C54H103ClSi/c1-4-7-10-13-16-19-22-25-28-31-34-37-40-43-50-56(54-48-46-53(55)47-49-54,51-44-41-38-35-32-29-26-23-20-17-14-11-8-5-2)52-45-42-39-36-33-30-27-24-21-18-15-12-9-6-3/h46-49H,4-45,50-52H2,1-3H3. The van der Waals surface area contributed by atoms with Gasteiger partial charge in [0.25, 0.3) is 0 Å². The minimum atomic E-state index is -1.56. The zero-order chi connectivity index (χ0) is 40.3. The summed E-state index contributed by atoms with van der Waals surface area (Å²) in [6, 6.07) is 14.0. The predicted molar refractivity (Wildman–Crippen MR) is 262 cm³/mol. The Kier molecular flexibility index (Phi) is 41.1. The smallest absolute Gasteiger partial charge is 0.0843 e. The van der Waals surface area contributed by atoms with Crippen molar-refractivity contribution in [3.05, 3.63) is 29.3 Å². The van der Waals surface area contributed by atoms with Crippen LogP contribution < -0.4 is 5.19 Å². The maximum absolute atomic E-state index is 6.50. The molecular weight excluding hydrogens is 712 g/mol. The van der Waals surface area contributed by atoms with Crippen molar-refractivity contribution in [3.8, 4) is 0 Å². The van der Waals surface area contributed by atoms with Gasteiger partial charge in [-0.15, -0.1) is 0 Å². The van der Waals surface area contributed by atoms with Gasteiger partial charge in [-0.25, -0.2) is 0 Å². The topological polar surface area (TPSA) is 0 Å². The van der Waals surface area contributed by atoms with Gasteiger partial charge < -0.3 is 0 Å². The highest BCUT2D eigenvalue weighted by atomic mass is 35.5. The highest BCUT2D eigenvalue weighted by Gasteiger charge is 2.33. The van der Waals surface area contributed by atoms with Crippen LogP contribution in [0.2, 0.25) is 23.2 Å². The normalized spacial score (nSPS) is 11.9. The third-order valence-corrected chi connectivity index (χ3v) is 19.2. The van der Waals surface area contributed by atoms with Crippen molar-refractivity contribution in [3.63, 3.8) is 0 Å². The van der Waals surface area contributed by atoms with Gasteiger partial charge in [0.2, 0.25) is 0 Å². The van der Waals surface area contributed by atoms with Crippen LogP contribution in [-0.4, -0.2) is 8.07 Å². The summed E-state index contributed by atoms with van der Waals surface area (Å²) < 4.78 is 0. The minimum Gasteiger partial charge on any atom is -0.0843 e. The highest BCUT2D eigenvalue weighted by Crippen LogP contribution is 2.31. The van der Waals surface area contributed by atoms with Crippen molar-refractivity contribution >= 4 is 24.9 Å². The van der Waals surface area contributed by atoms with Gasteiger partial charge in [0.1, 0.15) is 0 Å². The minimum absolute atomic E-state index is 0.918. The van der Waals surface area contributed by atoms with E-state index in [2.05, 4.69) is 45.0 Å². The van der Waals surface area contributed by atoms with Crippen LogP contribution in [0.4, 0.5) is 0 Å². The lowest BCUT2D eigenvalue weighted by atomic mass is 10.0. The van der Waals surface area contributed by atoms with Gasteiger partial charge in [-0.3, -0.25) is 0 Å². The Labute approximate surface area is 361 Å². The van der Waals surface area contributed by atoms with E-state index in [1.54, 1.807) is 5.19 Å². The fourth-order valence-electron chi connectivity index (χ4n) is 9.59. The summed E-state index contributed by atoms with van der Waals surface area (Å²) in [7, 11) is -1.56. The van der Waals surface area contributed by atoms with Crippen LogP contribution in [0.15, 0.2) is 24.3 Å². The molecule has 1 aromatic carbocycles. The molecule has 0 unspecified atom stereocenters. The lowest BCUT2D eigenvalue weighted by molar-refractivity contribution is 0.535. The zero-order valence-corrected chi connectivity index (χ0v) is 40.8. The molecule has 0 nitrogen and oxygen atoms in total. The van der Waals surface area contributed by atoms with Crippen molar-refractivity contribution in [2.45, 2.75) is 309 Å².